The predicted molar refractivity (Wildman–Crippen MR) is 78.4 cm³/mol. The molecule has 1 saturated heterocycles. The lowest BCUT2D eigenvalue weighted by Crippen LogP contribution is -2.48. The van der Waals surface area contributed by atoms with Crippen LogP contribution in [0.4, 0.5) is 11.4 Å². The fraction of sp³-hybridized carbons (Fsp3) is 0.500. The van der Waals surface area contributed by atoms with Gasteiger partial charge in [-0.3, -0.25) is 10.1 Å². The van der Waals surface area contributed by atoms with Crippen molar-refractivity contribution in [2.24, 2.45) is 0 Å². The minimum atomic E-state index is -3.88. The number of rotatable bonds is 4. The van der Waals surface area contributed by atoms with Gasteiger partial charge >= 0.3 is 0 Å². The number of anilines is 1. The molecule has 1 aromatic rings. The van der Waals surface area contributed by atoms with Gasteiger partial charge < -0.3 is 10.6 Å². The van der Waals surface area contributed by atoms with Gasteiger partial charge in [0.05, 0.1) is 4.92 Å². The maximum atomic E-state index is 12.6. The largest absolute Gasteiger partial charge is 0.399 e. The van der Waals surface area contributed by atoms with E-state index < -0.39 is 20.6 Å². The highest BCUT2D eigenvalue weighted by atomic mass is 32.2. The van der Waals surface area contributed by atoms with E-state index in [2.05, 4.69) is 4.90 Å². The Labute approximate surface area is 123 Å². The molecule has 0 aliphatic carbocycles. The van der Waals surface area contributed by atoms with Crippen molar-refractivity contribution in [1.29, 1.82) is 0 Å². The van der Waals surface area contributed by atoms with Crippen LogP contribution in [0.2, 0.25) is 0 Å². The maximum Gasteiger partial charge on any atom is 0.291 e. The lowest BCUT2D eigenvalue weighted by molar-refractivity contribution is -0.387. The average Bonchev–Trinajstić information content (AvgIpc) is 2.47. The second-order valence-electron chi connectivity index (χ2n) is 4.82. The number of nitro groups is 1. The van der Waals surface area contributed by atoms with Crippen LogP contribution in [0.5, 0.6) is 0 Å². The van der Waals surface area contributed by atoms with Crippen LogP contribution >= 0.6 is 0 Å². The number of hydrogen-bond donors (Lipinski definition) is 1. The molecule has 1 aliphatic rings. The molecule has 0 unspecified atom stereocenters. The van der Waals surface area contributed by atoms with Gasteiger partial charge in [-0.05, 0) is 18.7 Å². The van der Waals surface area contributed by atoms with Crippen molar-refractivity contribution in [3.63, 3.8) is 0 Å². The third-order valence-electron chi connectivity index (χ3n) is 3.58. The summed E-state index contributed by atoms with van der Waals surface area (Å²) in [5.41, 5.74) is 5.19. The zero-order chi connectivity index (χ0) is 15.6. The van der Waals surface area contributed by atoms with Gasteiger partial charge in [0.1, 0.15) is 0 Å². The Hall–Kier alpha value is -1.71. The zero-order valence-electron chi connectivity index (χ0n) is 11.7. The van der Waals surface area contributed by atoms with E-state index in [0.29, 0.717) is 26.2 Å². The number of nitrogens with two attached hydrogens (primary N) is 1. The molecule has 0 aromatic heterocycles. The lowest BCUT2D eigenvalue weighted by atomic mass is 10.3. The van der Waals surface area contributed by atoms with Crippen LogP contribution in [0.15, 0.2) is 23.1 Å². The predicted octanol–water partition coefficient (Wildman–Crippen LogP) is 0.503. The summed E-state index contributed by atoms with van der Waals surface area (Å²) in [6, 6.07) is 3.65. The van der Waals surface area contributed by atoms with Gasteiger partial charge in [-0.2, -0.15) is 4.31 Å². The number of sulfonamides is 1. The van der Waals surface area contributed by atoms with E-state index >= 15 is 0 Å². The van der Waals surface area contributed by atoms with Crippen LogP contribution in [-0.4, -0.2) is 55.3 Å². The summed E-state index contributed by atoms with van der Waals surface area (Å²) in [6.07, 6.45) is 0. The lowest BCUT2D eigenvalue weighted by Gasteiger charge is -2.33. The summed E-state index contributed by atoms with van der Waals surface area (Å²) >= 11 is 0. The molecule has 8 nitrogen and oxygen atoms in total. The Kier molecular flexibility index (Phi) is 4.45. The molecular formula is C12H18N4O4S. The molecule has 0 amide bonds. The standard InChI is InChI=1S/C12H18N4O4S/c1-2-14-5-7-15(8-6-14)21(19,20)12-4-3-10(13)9-11(12)16(17)18/h3-4,9H,2,5-8,13H2,1H3. The van der Waals surface area contributed by atoms with E-state index in [1.807, 2.05) is 6.92 Å². The van der Waals surface area contributed by atoms with Crippen molar-refractivity contribution in [3.05, 3.63) is 28.3 Å². The van der Waals surface area contributed by atoms with Crippen LogP contribution in [0.25, 0.3) is 0 Å². The number of nitrogen functional groups attached to an aromatic ring is 1. The summed E-state index contributed by atoms with van der Waals surface area (Å²) in [4.78, 5) is 12.2. The molecule has 1 fully saturated rings. The number of benzene rings is 1. The molecule has 21 heavy (non-hydrogen) atoms. The quantitative estimate of drug-likeness (QED) is 0.492. The fourth-order valence-corrected chi connectivity index (χ4v) is 3.88. The van der Waals surface area contributed by atoms with Gasteiger partial charge in [-0.25, -0.2) is 8.42 Å². The van der Waals surface area contributed by atoms with Crippen molar-refractivity contribution in [3.8, 4) is 0 Å². The Bertz CT molecular complexity index is 639. The topological polar surface area (TPSA) is 110 Å². The number of likely N-dealkylation sites (N-methyl/N-ethyl adjacent to an activating group) is 1. The maximum absolute atomic E-state index is 12.6. The van der Waals surface area contributed by atoms with Crippen LogP contribution < -0.4 is 5.73 Å². The van der Waals surface area contributed by atoms with Gasteiger partial charge in [0, 0.05) is 37.9 Å². The van der Waals surface area contributed by atoms with Crippen molar-refractivity contribution in [2.45, 2.75) is 11.8 Å². The Morgan fingerprint density at radius 2 is 1.90 bits per heavy atom. The highest BCUT2D eigenvalue weighted by molar-refractivity contribution is 7.89. The van der Waals surface area contributed by atoms with Gasteiger partial charge in [0.2, 0.25) is 10.0 Å². The fourth-order valence-electron chi connectivity index (χ4n) is 2.32. The Balaban J connectivity index is 2.34. The molecule has 1 heterocycles. The van der Waals surface area contributed by atoms with E-state index in [-0.39, 0.29) is 10.6 Å². The molecule has 0 spiro atoms. The van der Waals surface area contributed by atoms with Crippen LogP contribution in [0, 0.1) is 10.1 Å². The summed E-state index contributed by atoms with van der Waals surface area (Å²) in [5, 5.41) is 11.1. The molecular weight excluding hydrogens is 296 g/mol. The van der Waals surface area contributed by atoms with Crippen molar-refractivity contribution < 1.29 is 13.3 Å². The highest BCUT2D eigenvalue weighted by Crippen LogP contribution is 2.29. The molecule has 9 heteroatoms. The smallest absolute Gasteiger partial charge is 0.291 e. The summed E-state index contributed by atoms with van der Waals surface area (Å²) < 4.78 is 26.5. The number of piperazine rings is 1. The molecule has 1 aliphatic heterocycles. The first kappa shape index (κ1) is 15.7. The van der Waals surface area contributed by atoms with E-state index in [1.165, 1.54) is 16.4 Å². The van der Waals surface area contributed by atoms with Crippen molar-refractivity contribution in [1.82, 2.24) is 9.21 Å². The molecule has 0 saturated carbocycles. The monoisotopic (exact) mass is 314 g/mol. The molecule has 0 bridgehead atoms. The molecule has 0 radical (unpaired) electrons. The molecule has 2 N–H and O–H groups in total. The average molecular weight is 314 g/mol. The first-order valence-corrected chi connectivity index (χ1v) is 8.06. The second-order valence-corrected chi connectivity index (χ2v) is 6.73. The summed E-state index contributed by atoms with van der Waals surface area (Å²) in [7, 11) is -3.88. The van der Waals surface area contributed by atoms with Crippen LogP contribution in [0.3, 0.4) is 0 Å². The van der Waals surface area contributed by atoms with E-state index in [1.54, 1.807) is 0 Å². The van der Waals surface area contributed by atoms with Gasteiger partial charge in [0.15, 0.2) is 4.90 Å². The first-order chi connectivity index (χ1) is 9.86. The number of hydrogen-bond acceptors (Lipinski definition) is 6. The number of nitro benzene ring substituents is 1. The SMILES string of the molecule is CCN1CCN(S(=O)(=O)c2ccc(N)cc2[N+](=O)[O-])CC1. The second kappa shape index (κ2) is 5.96. The molecule has 116 valence electrons. The van der Waals surface area contributed by atoms with E-state index in [9.17, 15) is 18.5 Å². The van der Waals surface area contributed by atoms with E-state index in [4.69, 9.17) is 5.73 Å². The molecule has 0 atom stereocenters. The van der Waals surface area contributed by atoms with Gasteiger partial charge in [0.25, 0.3) is 5.69 Å². The zero-order valence-corrected chi connectivity index (χ0v) is 12.5. The van der Waals surface area contributed by atoms with Crippen LogP contribution in [-0.2, 0) is 10.0 Å². The third-order valence-corrected chi connectivity index (χ3v) is 5.52. The third kappa shape index (κ3) is 3.14. The minimum Gasteiger partial charge on any atom is -0.399 e. The first-order valence-electron chi connectivity index (χ1n) is 6.62. The molecule has 1 aromatic carbocycles. The minimum absolute atomic E-state index is 0.163. The number of nitrogens with zero attached hydrogens (tertiary/aromatic N) is 3. The van der Waals surface area contributed by atoms with Gasteiger partial charge in [-0.1, -0.05) is 6.92 Å². The highest BCUT2D eigenvalue weighted by Gasteiger charge is 2.33. The van der Waals surface area contributed by atoms with Gasteiger partial charge in [-0.15, -0.1) is 0 Å². The Morgan fingerprint density at radius 3 is 2.43 bits per heavy atom. The summed E-state index contributed by atoms with van der Waals surface area (Å²) in [5.74, 6) is 0. The molecule has 2 rings (SSSR count). The van der Waals surface area contributed by atoms with Crippen molar-refractivity contribution >= 4 is 21.4 Å². The Morgan fingerprint density at radius 1 is 1.29 bits per heavy atom. The van der Waals surface area contributed by atoms with Crippen molar-refractivity contribution in [2.75, 3.05) is 38.5 Å². The van der Waals surface area contributed by atoms with Crippen LogP contribution in [0.1, 0.15) is 6.92 Å². The normalized spacial score (nSPS) is 17.8. The summed E-state index contributed by atoms with van der Waals surface area (Å²) in [6.45, 7) is 4.78. The van der Waals surface area contributed by atoms with E-state index in [0.717, 1.165) is 12.6 Å².